The van der Waals surface area contributed by atoms with E-state index in [1.165, 1.54) is 0 Å². The van der Waals surface area contributed by atoms with Crippen LogP contribution in [0.3, 0.4) is 0 Å². The lowest BCUT2D eigenvalue weighted by Crippen LogP contribution is -2.56. The number of aliphatic hydroxyl groups is 2. The number of hydrogen-bond donors (Lipinski definition) is 4. The number of rotatable bonds is 7. The van der Waals surface area contributed by atoms with Crippen LogP contribution in [0.5, 0.6) is 0 Å². The third-order valence-electron chi connectivity index (χ3n) is 12.3. The SMILES string of the molecule is CC1(C)[C@H]2CC[C@@]1(C(=O)N[C@@H](c1ccccc1)[C@@H](NC(=O)[C@]13CC[C@@H](C[C@H]1O)C3(C)C)c1ccccc1)[C@H](O)C2. The van der Waals surface area contributed by atoms with Gasteiger partial charge in [0.15, 0.2) is 0 Å². The summed E-state index contributed by atoms with van der Waals surface area (Å²) >= 11 is 0. The van der Waals surface area contributed by atoms with E-state index in [1.807, 2.05) is 60.7 Å². The van der Waals surface area contributed by atoms with Gasteiger partial charge >= 0.3 is 0 Å². The molecule has 0 aliphatic heterocycles. The van der Waals surface area contributed by atoms with Gasteiger partial charge in [-0.25, -0.2) is 0 Å². The standard InChI is InChI=1S/C34H44N2O4/c1-31(2)23-15-17-33(31,25(37)19-23)29(39)35-27(21-11-7-5-8-12-21)28(22-13-9-6-10-14-22)36-30(40)34-18-16-24(20-26(34)38)32(34,3)4/h5-14,23-28,37-38H,15-20H2,1-4H3,(H,35,39)(H,36,40)/t23-,24-,25+,26+,27-,28-,33-,34-/m0/s1. The van der Waals surface area contributed by atoms with E-state index >= 15 is 0 Å². The van der Waals surface area contributed by atoms with Gasteiger partial charge < -0.3 is 20.8 Å². The summed E-state index contributed by atoms with van der Waals surface area (Å²) in [6.45, 7) is 8.47. The van der Waals surface area contributed by atoms with E-state index < -0.39 is 35.1 Å². The van der Waals surface area contributed by atoms with Crippen LogP contribution in [-0.4, -0.2) is 34.2 Å². The number of benzene rings is 2. The molecule has 4 saturated carbocycles. The molecule has 0 aromatic heterocycles. The van der Waals surface area contributed by atoms with Crippen molar-refractivity contribution in [3.05, 3.63) is 71.8 Å². The highest BCUT2D eigenvalue weighted by molar-refractivity contribution is 5.87. The fourth-order valence-electron chi connectivity index (χ4n) is 9.55. The normalized spacial score (nSPS) is 36.2. The smallest absolute Gasteiger partial charge is 0.229 e. The quantitative estimate of drug-likeness (QED) is 0.391. The molecule has 6 heteroatoms. The van der Waals surface area contributed by atoms with Crippen molar-refractivity contribution < 1.29 is 19.8 Å². The molecule has 0 unspecified atom stereocenters. The van der Waals surface area contributed by atoms with Gasteiger partial charge in [-0.2, -0.15) is 0 Å². The molecule has 40 heavy (non-hydrogen) atoms. The first-order chi connectivity index (χ1) is 19.0. The third-order valence-corrected chi connectivity index (χ3v) is 12.3. The Morgan fingerprint density at radius 1 is 0.675 bits per heavy atom. The zero-order valence-corrected chi connectivity index (χ0v) is 24.2. The lowest BCUT2D eigenvalue weighted by atomic mass is 9.67. The van der Waals surface area contributed by atoms with Crippen LogP contribution in [0.2, 0.25) is 0 Å². The van der Waals surface area contributed by atoms with E-state index in [-0.39, 0.29) is 22.6 Å². The number of hydrogen-bond acceptors (Lipinski definition) is 4. The molecule has 0 heterocycles. The van der Waals surface area contributed by atoms with Gasteiger partial charge in [-0.15, -0.1) is 0 Å². The minimum absolute atomic E-state index is 0.144. The fraction of sp³-hybridized carbons (Fsp3) is 0.588. The number of nitrogens with one attached hydrogen (secondary N) is 2. The molecule has 6 nitrogen and oxygen atoms in total. The van der Waals surface area contributed by atoms with E-state index in [0.29, 0.717) is 37.5 Å². The maximum Gasteiger partial charge on any atom is 0.229 e. The average Bonchev–Trinajstić information content (AvgIpc) is 3.50. The molecule has 2 aromatic rings. The summed E-state index contributed by atoms with van der Waals surface area (Å²) in [6, 6.07) is 18.5. The Morgan fingerprint density at radius 2 is 1.02 bits per heavy atom. The first-order valence-corrected chi connectivity index (χ1v) is 15.0. The first-order valence-electron chi connectivity index (χ1n) is 15.0. The molecule has 214 valence electrons. The molecule has 0 saturated heterocycles. The Bertz CT molecular complexity index is 1180. The second-order valence-corrected chi connectivity index (χ2v) is 14.1. The van der Waals surface area contributed by atoms with E-state index in [9.17, 15) is 19.8 Å². The van der Waals surface area contributed by atoms with Gasteiger partial charge in [0.25, 0.3) is 0 Å². The zero-order valence-electron chi connectivity index (χ0n) is 24.2. The Morgan fingerprint density at radius 3 is 1.30 bits per heavy atom. The van der Waals surface area contributed by atoms with E-state index in [1.54, 1.807) is 0 Å². The van der Waals surface area contributed by atoms with Crippen molar-refractivity contribution in [2.24, 2.45) is 33.5 Å². The predicted molar refractivity (Wildman–Crippen MR) is 154 cm³/mol. The van der Waals surface area contributed by atoms with Crippen molar-refractivity contribution in [2.75, 3.05) is 0 Å². The van der Waals surface area contributed by atoms with Gasteiger partial charge in [0.05, 0.1) is 35.1 Å². The highest BCUT2D eigenvalue weighted by Crippen LogP contribution is 2.67. The fourth-order valence-corrected chi connectivity index (χ4v) is 9.55. The van der Waals surface area contributed by atoms with Crippen LogP contribution in [-0.2, 0) is 9.59 Å². The van der Waals surface area contributed by atoms with Gasteiger partial charge in [-0.1, -0.05) is 88.4 Å². The summed E-state index contributed by atoms with van der Waals surface area (Å²) in [7, 11) is 0. The molecule has 4 N–H and O–H groups in total. The first kappa shape index (κ1) is 27.5. The van der Waals surface area contributed by atoms with Gasteiger partial charge in [0.1, 0.15) is 0 Å². The third kappa shape index (κ3) is 3.61. The Kier molecular flexibility index (Phi) is 6.47. The van der Waals surface area contributed by atoms with Crippen molar-refractivity contribution in [1.29, 1.82) is 0 Å². The molecule has 6 rings (SSSR count). The topological polar surface area (TPSA) is 98.7 Å². The van der Waals surface area contributed by atoms with Crippen LogP contribution in [0.4, 0.5) is 0 Å². The van der Waals surface area contributed by atoms with Crippen LogP contribution >= 0.6 is 0 Å². The van der Waals surface area contributed by atoms with Gasteiger partial charge in [-0.05, 0) is 72.3 Å². The van der Waals surface area contributed by atoms with Crippen LogP contribution in [0.15, 0.2) is 60.7 Å². The molecule has 4 bridgehead atoms. The molecule has 0 spiro atoms. The molecule has 4 aliphatic carbocycles. The zero-order chi connectivity index (χ0) is 28.5. The maximum absolute atomic E-state index is 14.4. The highest BCUT2D eigenvalue weighted by Gasteiger charge is 2.69. The van der Waals surface area contributed by atoms with E-state index in [4.69, 9.17) is 0 Å². The largest absolute Gasteiger partial charge is 0.392 e. The molecule has 4 fully saturated rings. The van der Waals surface area contributed by atoms with Crippen molar-refractivity contribution in [3.8, 4) is 0 Å². The molecule has 2 amide bonds. The minimum atomic E-state index is -0.864. The Balaban J connectivity index is 1.40. The molecular formula is C34H44N2O4. The van der Waals surface area contributed by atoms with Crippen molar-refractivity contribution in [2.45, 2.75) is 90.5 Å². The molecular weight excluding hydrogens is 500 g/mol. The van der Waals surface area contributed by atoms with E-state index in [0.717, 1.165) is 24.0 Å². The molecule has 0 radical (unpaired) electrons. The molecule has 2 aromatic carbocycles. The van der Waals surface area contributed by atoms with Gasteiger partial charge in [0, 0.05) is 0 Å². The monoisotopic (exact) mass is 544 g/mol. The second-order valence-electron chi connectivity index (χ2n) is 14.1. The number of aliphatic hydroxyl groups excluding tert-OH is 2. The molecule has 4 aliphatic rings. The van der Waals surface area contributed by atoms with Crippen LogP contribution in [0, 0.1) is 33.5 Å². The van der Waals surface area contributed by atoms with Crippen LogP contribution < -0.4 is 10.6 Å². The lowest BCUT2D eigenvalue weighted by Gasteiger charge is -2.43. The highest BCUT2D eigenvalue weighted by atomic mass is 16.3. The number of carbonyl (C=O) groups excluding carboxylic acids is 2. The molecule has 8 atom stereocenters. The Labute approximate surface area is 238 Å². The summed E-state index contributed by atoms with van der Waals surface area (Å²) in [6.07, 6.45) is 3.10. The van der Waals surface area contributed by atoms with Gasteiger partial charge in [-0.3, -0.25) is 9.59 Å². The predicted octanol–water partition coefficient (Wildman–Crippen LogP) is 5.08. The summed E-state index contributed by atoms with van der Waals surface area (Å²) in [5, 5.41) is 29.1. The minimum Gasteiger partial charge on any atom is -0.392 e. The van der Waals surface area contributed by atoms with Crippen molar-refractivity contribution in [1.82, 2.24) is 10.6 Å². The Hall–Kier alpha value is -2.70. The number of amides is 2. The summed E-state index contributed by atoms with van der Waals surface area (Å²) < 4.78 is 0. The summed E-state index contributed by atoms with van der Waals surface area (Å²) in [5.74, 6) is 0.339. The van der Waals surface area contributed by atoms with E-state index in [2.05, 4.69) is 38.3 Å². The van der Waals surface area contributed by atoms with Crippen LogP contribution in [0.25, 0.3) is 0 Å². The number of fused-ring (bicyclic) bond motifs is 4. The number of carbonyl (C=O) groups is 2. The van der Waals surface area contributed by atoms with Gasteiger partial charge in [0.2, 0.25) is 11.8 Å². The van der Waals surface area contributed by atoms with Crippen molar-refractivity contribution in [3.63, 3.8) is 0 Å². The van der Waals surface area contributed by atoms with Crippen molar-refractivity contribution >= 4 is 11.8 Å². The summed E-state index contributed by atoms with van der Waals surface area (Å²) in [5.41, 5.74) is -0.602. The van der Waals surface area contributed by atoms with Crippen LogP contribution in [0.1, 0.15) is 89.4 Å². The summed E-state index contributed by atoms with van der Waals surface area (Å²) in [4.78, 5) is 28.7. The maximum atomic E-state index is 14.4. The lowest BCUT2D eigenvalue weighted by molar-refractivity contribution is -0.147. The average molecular weight is 545 g/mol. The second kappa shape index (κ2) is 9.42.